The molecule has 8 heteroatoms. The average Bonchev–Trinajstić information content (AvgIpc) is 3.47. The third-order valence-electron chi connectivity index (χ3n) is 6.52. The lowest BCUT2D eigenvalue weighted by Crippen LogP contribution is -2.08. The van der Waals surface area contributed by atoms with Crippen LogP contribution in [0.15, 0.2) is 98.1 Å². The van der Waals surface area contributed by atoms with Crippen LogP contribution in [0.5, 0.6) is 5.75 Å². The van der Waals surface area contributed by atoms with Crippen LogP contribution in [0.4, 0.5) is 0 Å². The smallest absolute Gasteiger partial charge is 0.338 e. The molecule has 43 heavy (non-hydrogen) atoms. The van der Waals surface area contributed by atoms with Crippen molar-refractivity contribution in [2.45, 2.75) is 25.7 Å². The average molecular weight is 599 g/mol. The maximum absolute atomic E-state index is 12.4. The highest BCUT2D eigenvalue weighted by molar-refractivity contribution is 7.22. The fourth-order valence-electron chi connectivity index (χ4n) is 4.18. The molecule has 0 aliphatic carbocycles. The van der Waals surface area contributed by atoms with Crippen molar-refractivity contribution in [3.63, 3.8) is 0 Å². The Labute approximate surface area is 255 Å². The summed E-state index contributed by atoms with van der Waals surface area (Å²) in [5.41, 5.74) is 3.67. The predicted molar refractivity (Wildman–Crippen MR) is 169 cm³/mol. The lowest BCUT2D eigenvalue weighted by atomic mass is 10.0. The van der Waals surface area contributed by atoms with Crippen LogP contribution in [0.2, 0.25) is 0 Å². The Balaban J connectivity index is 1.27. The molecule has 7 nitrogen and oxygen atoms in total. The van der Waals surface area contributed by atoms with E-state index in [1.807, 2.05) is 18.2 Å². The van der Waals surface area contributed by atoms with E-state index in [0.717, 1.165) is 57.5 Å². The maximum Gasteiger partial charge on any atom is 0.338 e. The third-order valence-corrected chi connectivity index (χ3v) is 7.66. The number of hydrogen-bond acceptors (Lipinski definition) is 8. The van der Waals surface area contributed by atoms with Crippen LogP contribution >= 0.6 is 11.3 Å². The van der Waals surface area contributed by atoms with Crippen LogP contribution in [0.3, 0.4) is 0 Å². The molecule has 0 unspecified atom stereocenters. The molecule has 4 aromatic rings. The van der Waals surface area contributed by atoms with Crippen LogP contribution in [0, 0.1) is 0 Å². The van der Waals surface area contributed by atoms with Gasteiger partial charge >= 0.3 is 17.9 Å². The monoisotopic (exact) mass is 598 g/mol. The molecule has 0 N–H and O–H groups in total. The van der Waals surface area contributed by atoms with Gasteiger partial charge in [0.05, 0.1) is 32.0 Å². The standard InChI is InChI=1S/C35H34O7S/c1-3-33(36)40-20-6-5-19-39-30-18-17-29-23-31(43-32(29)24-30)27-13-9-25(10-14-27)26-11-15-28(16-12-26)35(38)42-22-8-7-21-41-34(37)4-2/h3-4,9-18,23-24H,1-2,5-8,19-22H2. The van der Waals surface area contributed by atoms with Gasteiger partial charge in [-0.1, -0.05) is 49.6 Å². The zero-order valence-electron chi connectivity index (χ0n) is 23.9. The molecule has 1 aromatic heterocycles. The molecule has 0 amide bonds. The molecule has 0 atom stereocenters. The molecule has 0 fully saturated rings. The van der Waals surface area contributed by atoms with Crippen molar-refractivity contribution in [1.29, 1.82) is 0 Å². The van der Waals surface area contributed by atoms with Gasteiger partial charge in [-0.3, -0.25) is 0 Å². The molecule has 222 valence electrons. The Bertz CT molecular complexity index is 1550. The third kappa shape index (κ3) is 9.41. The fourth-order valence-corrected chi connectivity index (χ4v) is 5.28. The zero-order valence-corrected chi connectivity index (χ0v) is 24.7. The first-order chi connectivity index (χ1) is 21.0. The van der Waals surface area contributed by atoms with Gasteiger partial charge in [0.25, 0.3) is 0 Å². The maximum atomic E-state index is 12.4. The van der Waals surface area contributed by atoms with Gasteiger partial charge in [0.15, 0.2) is 0 Å². The Kier molecular flexibility index (Phi) is 11.7. The summed E-state index contributed by atoms with van der Waals surface area (Å²) in [6, 6.07) is 24.0. The Hall–Kier alpha value is -4.69. The topological polar surface area (TPSA) is 88.1 Å². The minimum atomic E-state index is -0.455. The second-order valence-corrected chi connectivity index (χ2v) is 10.7. The molecule has 0 saturated carbocycles. The van der Waals surface area contributed by atoms with Crippen LogP contribution in [-0.2, 0) is 23.8 Å². The van der Waals surface area contributed by atoms with Crippen molar-refractivity contribution in [2.75, 3.05) is 26.4 Å². The molecular formula is C35H34O7S. The number of unbranched alkanes of at least 4 members (excludes halogenated alkanes) is 2. The highest BCUT2D eigenvalue weighted by Crippen LogP contribution is 2.36. The fraction of sp³-hybridized carbons (Fsp3) is 0.229. The Morgan fingerprint density at radius 1 is 0.628 bits per heavy atom. The van der Waals surface area contributed by atoms with Crippen molar-refractivity contribution < 1.29 is 33.3 Å². The quantitative estimate of drug-likeness (QED) is 0.0563. The SMILES string of the molecule is C=CC(=O)OCCCCOC(=O)c1ccc(-c2ccc(-c3cc4ccc(OCCCCOC(=O)C=C)cc4s3)cc2)cc1. The van der Waals surface area contributed by atoms with Crippen LogP contribution < -0.4 is 4.74 Å². The molecule has 0 radical (unpaired) electrons. The summed E-state index contributed by atoms with van der Waals surface area (Å²) in [7, 11) is 0. The summed E-state index contributed by atoms with van der Waals surface area (Å²) >= 11 is 1.71. The van der Waals surface area contributed by atoms with Crippen molar-refractivity contribution in [1.82, 2.24) is 0 Å². The number of carbonyl (C=O) groups is 3. The van der Waals surface area contributed by atoms with E-state index in [9.17, 15) is 14.4 Å². The summed E-state index contributed by atoms with van der Waals surface area (Å²) in [4.78, 5) is 35.6. The molecular weight excluding hydrogens is 564 g/mol. The summed E-state index contributed by atoms with van der Waals surface area (Å²) in [6.45, 7) is 8.17. The number of hydrogen-bond donors (Lipinski definition) is 0. The molecule has 0 aliphatic rings. The number of esters is 3. The largest absolute Gasteiger partial charge is 0.494 e. The molecule has 1 heterocycles. The molecule has 0 spiro atoms. The highest BCUT2D eigenvalue weighted by atomic mass is 32.1. The predicted octanol–water partition coefficient (Wildman–Crippen LogP) is 7.79. The van der Waals surface area contributed by atoms with Gasteiger partial charge in [-0.2, -0.15) is 0 Å². The Morgan fingerprint density at radius 3 is 1.77 bits per heavy atom. The number of rotatable bonds is 16. The summed E-state index contributed by atoms with van der Waals surface area (Å²) in [5, 5.41) is 1.16. The first-order valence-corrected chi connectivity index (χ1v) is 14.9. The van der Waals surface area contributed by atoms with Gasteiger partial charge in [-0.15, -0.1) is 11.3 Å². The van der Waals surface area contributed by atoms with Gasteiger partial charge in [0.1, 0.15) is 5.75 Å². The second-order valence-electron chi connectivity index (χ2n) is 9.61. The Morgan fingerprint density at radius 2 is 1.16 bits per heavy atom. The highest BCUT2D eigenvalue weighted by Gasteiger charge is 2.10. The minimum absolute atomic E-state index is 0.260. The number of carbonyl (C=O) groups excluding carboxylic acids is 3. The van der Waals surface area contributed by atoms with Crippen molar-refractivity contribution >= 4 is 39.3 Å². The summed E-state index contributed by atoms with van der Waals surface area (Å²) in [6.07, 6.45) is 5.02. The number of thiophene rings is 1. The van der Waals surface area contributed by atoms with Crippen LogP contribution in [0.1, 0.15) is 36.0 Å². The van der Waals surface area contributed by atoms with E-state index < -0.39 is 11.9 Å². The number of ether oxygens (including phenoxy) is 4. The first-order valence-electron chi connectivity index (χ1n) is 14.1. The van der Waals surface area contributed by atoms with Gasteiger partial charge in [-0.05, 0) is 84.2 Å². The van der Waals surface area contributed by atoms with E-state index in [-0.39, 0.29) is 19.2 Å². The van der Waals surface area contributed by atoms with Crippen molar-refractivity contribution in [3.8, 4) is 27.3 Å². The van der Waals surface area contributed by atoms with E-state index in [2.05, 4.69) is 55.6 Å². The molecule has 0 saturated heterocycles. The van der Waals surface area contributed by atoms with Gasteiger partial charge < -0.3 is 18.9 Å². The number of fused-ring (bicyclic) bond motifs is 1. The van der Waals surface area contributed by atoms with E-state index >= 15 is 0 Å². The van der Waals surface area contributed by atoms with Crippen molar-refractivity contribution in [3.05, 3.63) is 104 Å². The van der Waals surface area contributed by atoms with Gasteiger partial charge in [0, 0.05) is 21.7 Å². The minimum Gasteiger partial charge on any atom is -0.494 e. The van der Waals surface area contributed by atoms with E-state index in [0.29, 0.717) is 31.6 Å². The normalized spacial score (nSPS) is 10.6. The zero-order chi connectivity index (χ0) is 30.4. The van der Waals surface area contributed by atoms with Gasteiger partial charge in [-0.25, -0.2) is 14.4 Å². The summed E-state index contributed by atoms with van der Waals surface area (Å²) in [5.74, 6) is -0.421. The first kappa shape index (κ1) is 31.3. The lowest BCUT2D eigenvalue weighted by Gasteiger charge is -2.07. The van der Waals surface area contributed by atoms with E-state index in [1.165, 1.54) is 4.88 Å². The lowest BCUT2D eigenvalue weighted by molar-refractivity contribution is -0.138. The molecule has 0 aliphatic heterocycles. The summed E-state index contributed by atoms with van der Waals surface area (Å²) < 4.78 is 22.2. The second kappa shape index (κ2) is 16.1. The molecule has 3 aromatic carbocycles. The van der Waals surface area contributed by atoms with Crippen LogP contribution in [0.25, 0.3) is 31.7 Å². The molecule has 0 bridgehead atoms. The van der Waals surface area contributed by atoms with Crippen molar-refractivity contribution in [2.24, 2.45) is 0 Å². The van der Waals surface area contributed by atoms with Crippen LogP contribution in [-0.4, -0.2) is 44.3 Å². The van der Waals surface area contributed by atoms with Gasteiger partial charge in [0.2, 0.25) is 0 Å². The number of benzene rings is 3. The van der Waals surface area contributed by atoms with E-state index in [1.54, 1.807) is 23.5 Å². The molecule has 4 rings (SSSR count). The van der Waals surface area contributed by atoms with E-state index in [4.69, 9.17) is 18.9 Å².